The molecule has 0 bridgehead atoms. The lowest BCUT2D eigenvalue weighted by atomic mass is 10.1. The molecule has 32 heavy (non-hydrogen) atoms. The summed E-state index contributed by atoms with van der Waals surface area (Å²) in [6, 6.07) is 21.2. The second kappa shape index (κ2) is 11.4. The Morgan fingerprint density at radius 2 is 1.72 bits per heavy atom. The van der Waals surface area contributed by atoms with Gasteiger partial charge in [-0.05, 0) is 41.3 Å². The van der Waals surface area contributed by atoms with Crippen LogP contribution in [0.4, 0.5) is 11.4 Å². The van der Waals surface area contributed by atoms with E-state index in [0.29, 0.717) is 42.0 Å². The van der Waals surface area contributed by atoms with Gasteiger partial charge in [-0.25, -0.2) is 0 Å². The van der Waals surface area contributed by atoms with E-state index in [1.807, 2.05) is 74.5 Å². The van der Waals surface area contributed by atoms with Crippen molar-refractivity contribution in [1.82, 2.24) is 0 Å². The number of carbonyl (C=O) groups is 1. The fourth-order valence-corrected chi connectivity index (χ4v) is 3.43. The van der Waals surface area contributed by atoms with Crippen LogP contribution in [-0.2, 0) is 17.9 Å². The molecule has 3 aromatic carbocycles. The van der Waals surface area contributed by atoms with E-state index in [9.17, 15) is 4.79 Å². The predicted octanol–water partition coefficient (Wildman–Crippen LogP) is 6.52. The summed E-state index contributed by atoms with van der Waals surface area (Å²) < 4.78 is 11.4. The van der Waals surface area contributed by atoms with Crippen molar-refractivity contribution in [3.63, 3.8) is 0 Å². The van der Waals surface area contributed by atoms with Gasteiger partial charge < -0.3 is 20.1 Å². The molecular formula is C26H29ClN2O3. The number of carbonyl (C=O) groups excluding carboxylic acids is 1. The average Bonchev–Trinajstić information content (AvgIpc) is 2.77. The lowest BCUT2D eigenvalue weighted by Gasteiger charge is -2.15. The van der Waals surface area contributed by atoms with Crippen LogP contribution in [0.25, 0.3) is 0 Å². The third-order valence-electron chi connectivity index (χ3n) is 4.79. The number of amides is 1. The largest absolute Gasteiger partial charge is 0.493 e. The SMILES string of the molecule is COc1cc(CNc2cccc(NC(=O)CC(C)C)c2)c(Cl)cc1OCc1ccccc1. The normalized spacial score (nSPS) is 10.7. The van der Waals surface area contributed by atoms with E-state index in [2.05, 4.69) is 10.6 Å². The topological polar surface area (TPSA) is 59.6 Å². The number of hydrogen-bond acceptors (Lipinski definition) is 4. The van der Waals surface area contributed by atoms with Crippen LogP contribution in [0.1, 0.15) is 31.4 Å². The van der Waals surface area contributed by atoms with Crippen LogP contribution in [0.15, 0.2) is 66.7 Å². The molecule has 3 rings (SSSR count). The number of methoxy groups -OCH3 is 1. The van der Waals surface area contributed by atoms with Crippen LogP contribution >= 0.6 is 11.6 Å². The predicted molar refractivity (Wildman–Crippen MR) is 131 cm³/mol. The van der Waals surface area contributed by atoms with Gasteiger partial charge in [-0.15, -0.1) is 0 Å². The van der Waals surface area contributed by atoms with Crippen molar-refractivity contribution in [2.24, 2.45) is 5.92 Å². The van der Waals surface area contributed by atoms with Gasteiger partial charge in [0.05, 0.1) is 7.11 Å². The summed E-state index contributed by atoms with van der Waals surface area (Å²) in [6.07, 6.45) is 0.492. The van der Waals surface area contributed by atoms with Gasteiger partial charge in [0, 0.05) is 35.4 Å². The molecule has 168 valence electrons. The molecule has 0 aromatic heterocycles. The van der Waals surface area contributed by atoms with Gasteiger partial charge >= 0.3 is 0 Å². The minimum atomic E-state index is 0.0102. The number of anilines is 2. The van der Waals surface area contributed by atoms with Gasteiger partial charge in [-0.1, -0.05) is 61.8 Å². The number of benzene rings is 3. The van der Waals surface area contributed by atoms with Crippen LogP contribution in [0, 0.1) is 5.92 Å². The number of ether oxygens (including phenoxy) is 2. The van der Waals surface area contributed by atoms with Gasteiger partial charge in [0.15, 0.2) is 11.5 Å². The van der Waals surface area contributed by atoms with Crippen molar-refractivity contribution in [2.45, 2.75) is 33.4 Å². The van der Waals surface area contributed by atoms with Crippen LogP contribution in [0.5, 0.6) is 11.5 Å². The Kier molecular flexibility index (Phi) is 8.40. The summed E-state index contributed by atoms with van der Waals surface area (Å²) in [4.78, 5) is 12.0. The average molecular weight is 453 g/mol. The standard InChI is InChI=1S/C26H29ClN2O3/c1-18(2)12-26(30)29-22-11-7-10-21(14-22)28-16-20-13-24(31-3)25(15-23(20)27)32-17-19-8-5-4-6-9-19/h4-11,13-15,18,28H,12,16-17H2,1-3H3,(H,29,30). The molecule has 0 atom stereocenters. The zero-order valence-corrected chi connectivity index (χ0v) is 19.4. The molecule has 1 amide bonds. The van der Waals surface area contributed by atoms with E-state index in [-0.39, 0.29) is 5.91 Å². The molecule has 0 fully saturated rings. The first-order valence-electron chi connectivity index (χ1n) is 10.6. The monoisotopic (exact) mass is 452 g/mol. The molecule has 3 aromatic rings. The Morgan fingerprint density at radius 3 is 2.44 bits per heavy atom. The lowest BCUT2D eigenvalue weighted by Crippen LogP contribution is -2.13. The molecule has 2 N–H and O–H groups in total. The fourth-order valence-electron chi connectivity index (χ4n) is 3.21. The smallest absolute Gasteiger partial charge is 0.224 e. The summed E-state index contributed by atoms with van der Waals surface area (Å²) in [5, 5.41) is 6.87. The first kappa shape index (κ1) is 23.5. The third-order valence-corrected chi connectivity index (χ3v) is 5.14. The van der Waals surface area contributed by atoms with Gasteiger partial charge in [0.2, 0.25) is 5.91 Å². The summed E-state index contributed by atoms with van der Waals surface area (Å²) in [5.41, 5.74) is 3.59. The van der Waals surface area contributed by atoms with Crippen molar-refractivity contribution in [1.29, 1.82) is 0 Å². The highest BCUT2D eigenvalue weighted by Gasteiger charge is 2.12. The first-order valence-corrected chi connectivity index (χ1v) is 11.0. The Bertz CT molecular complexity index is 1040. The van der Waals surface area contributed by atoms with E-state index in [1.54, 1.807) is 13.2 Å². The van der Waals surface area contributed by atoms with Gasteiger partial charge in [0.1, 0.15) is 6.61 Å². The van der Waals surface area contributed by atoms with Crippen molar-refractivity contribution in [3.05, 3.63) is 82.9 Å². The molecule has 0 aliphatic heterocycles. The first-order chi connectivity index (χ1) is 15.4. The summed E-state index contributed by atoms with van der Waals surface area (Å²) in [7, 11) is 1.61. The van der Waals surface area contributed by atoms with Crippen LogP contribution < -0.4 is 20.1 Å². The minimum absolute atomic E-state index is 0.0102. The maximum Gasteiger partial charge on any atom is 0.224 e. The number of rotatable bonds is 10. The van der Waals surface area contributed by atoms with E-state index in [0.717, 1.165) is 22.5 Å². The highest BCUT2D eigenvalue weighted by Crippen LogP contribution is 2.34. The van der Waals surface area contributed by atoms with E-state index in [1.165, 1.54) is 0 Å². The summed E-state index contributed by atoms with van der Waals surface area (Å²) >= 11 is 6.52. The minimum Gasteiger partial charge on any atom is -0.493 e. The van der Waals surface area contributed by atoms with E-state index in [4.69, 9.17) is 21.1 Å². The lowest BCUT2D eigenvalue weighted by molar-refractivity contribution is -0.116. The maximum absolute atomic E-state index is 12.0. The molecule has 0 saturated carbocycles. The van der Waals surface area contributed by atoms with Gasteiger partial charge in [-0.2, -0.15) is 0 Å². The van der Waals surface area contributed by atoms with Crippen LogP contribution in [0.2, 0.25) is 5.02 Å². The molecule has 0 saturated heterocycles. The highest BCUT2D eigenvalue weighted by molar-refractivity contribution is 6.31. The molecule has 0 aliphatic carbocycles. The zero-order chi connectivity index (χ0) is 22.9. The highest BCUT2D eigenvalue weighted by atomic mass is 35.5. The molecule has 0 radical (unpaired) electrons. The van der Waals surface area contributed by atoms with Gasteiger partial charge in [0.25, 0.3) is 0 Å². The zero-order valence-electron chi connectivity index (χ0n) is 18.7. The van der Waals surface area contributed by atoms with Crippen molar-refractivity contribution in [2.75, 3.05) is 17.7 Å². The molecule has 0 unspecified atom stereocenters. The number of nitrogens with one attached hydrogen (secondary N) is 2. The van der Waals surface area contributed by atoms with Crippen LogP contribution in [-0.4, -0.2) is 13.0 Å². The maximum atomic E-state index is 12.0. The molecule has 0 heterocycles. The molecule has 6 heteroatoms. The van der Waals surface area contributed by atoms with Crippen molar-refractivity contribution < 1.29 is 14.3 Å². The van der Waals surface area contributed by atoms with Crippen molar-refractivity contribution in [3.8, 4) is 11.5 Å². The quantitative estimate of drug-likeness (QED) is 0.367. The van der Waals surface area contributed by atoms with E-state index < -0.39 is 0 Å². The fraction of sp³-hybridized carbons (Fsp3) is 0.269. The Balaban J connectivity index is 1.65. The third kappa shape index (κ3) is 6.92. The van der Waals surface area contributed by atoms with Gasteiger partial charge in [-0.3, -0.25) is 4.79 Å². The summed E-state index contributed by atoms with van der Waals surface area (Å²) in [5.74, 6) is 1.54. The Labute approximate surface area is 194 Å². The molecular weight excluding hydrogens is 424 g/mol. The summed E-state index contributed by atoms with van der Waals surface area (Å²) in [6.45, 7) is 4.97. The molecule has 0 aliphatic rings. The number of halogens is 1. The second-order valence-corrected chi connectivity index (χ2v) is 8.36. The second-order valence-electron chi connectivity index (χ2n) is 7.95. The Hall–Kier alpha value is -3.18. The Morgan fingerprint density at radius 1 is 0.969 bits per heavy atom. The number of hydrogen-bond donors (Lipinski definition) is 2. The van der Waals surface area contributed by atoms with E-state index >= 15 is 0 Å². The molecule has 5 nitrogen and oxygen atoms in total. The molecule has 0 spiro atoms. The van der Waals surface area contributed by atoms with Crippen molar-refractivity contribution >= 4 is 28.9 Å². The van der Waals surface area contributed by atoms with Crippen LogP contribution in [0.3, 0.4) is 0 Å².